The van der Waals surface area contributed by atoms with Gasteiger partial charge in [-0.25, -0.2) is 0 Å². The van der Waals surface area contributed by atoms with E-state index in [4.69, 9.17) is 0 Å². The number of amides is 1. The van der Waals surface area contributed by atoms with Gasteiger partial charge in [-0.2, -0.15) is 0 Å². The fourth-order valence-electron chi connectivity index (χ4n) is 1.71. The highest BCUT2D eigenvalue weighted by Gasteiger charge is 2.10. The number of allylic oxidation sites excluding steroid dienone is 2. The maximum atomic E-state index is 11.1. The molecule has 0 bridgehead atoms. The van der Waals surface area contributed by atoms with Gasteiger partial charge in [0.05, 0.1) is 0 Å². The van der Waals surface area contributed by atoms with Crippen molar-refractivity contribution in [1.82, 2.24) is 4.90 Å². The van der Waals surface area contributed by atoms with Crippen LogP contribution in [0.15, 0.2) is 48.8 Å². The first kappa shape index (κ1) is 15.7. The number of aryl methyl sites for hydroxylation is 1. The van der Waals surface area contributed by atoms with Gasteiger partial charge in [0, 0.05) is 62.5 Å². The first-order valence-corrected chi connectivity index (χ1v) is 11.8. The smallest absolute Gasteiger partial charge is 0.227 e. The average Bonchev–Trinajstić information content (AvgIpc) is 2.42. The summed E-state index contributed by atoms with van der Waals surface area (Å²) < 4.78 is 0. The fourth-order valence-corrected chi connectivity index (χ4v) is 1.71. The average molecular weight is 467 g/mol. The summed E-state index contributed by atoms with van der Waals surface area (Å²) >= 11 is 4.24. The van der Waals surface area contributed by atoms with Crippen molar-refractivity contribution in [3.05, 3.63) is 59.9 Å². The monoisotopic (exact) mass is 467 g/mol. The van der Waals surface area contributed by atoms with Crippen LogP contribution < -0.4 is 0 Å². The van der Waals surface area contributed by atoms with E-state index in [-0.39, 0.29) is 11.8 Å². The number of benzene rings is 1. The molecule has 96 valence electrons. The van der Waals surface area contributed by atoms with Crippen LogP contribution in [0.3, 0.4) is 0 Å². The summed E-state index contributed by atoms with van der Waals surface area (Å²) in [6, 6.07) is 8.46. The van der Waals surface area contributed by atoms with Gasteiger partial charge < -0.3 is 0 Å². The topological polar surface area (TPSA) is 20.3 Å². The molecule has 2 rings (SSSR count). The van der Waals surface area contributed by atoms with E-state index < -0.39 is 0 Å². The molecule has 4 heteroatoms. The van der Waals surface area contributed by atoms with E-state index in [0.717, 1.165) is 0 Å². The Balaban J connectivity index is 0.000000771. The molecule has 0 radical (unpaired) electrons. The lowest BCUT2D eigenvalue weighted by molar-refractivity contribution is -0.124. The highest BCUT2D eigenvalue weighted by Crippen LogP contribution is 2.22. The predicted molar refractivity (Wildman–Crippen MR) is 92.8 cm³/mol. The van der Waals surface area contributed by atoms with Crippen LogP contribution in [-0.4, -0.2) is 10.8 Å². The number of halogens is 2. The van der Waals surface area contributed by atoms with Gasteiger partial charge >= 0.3 is 0 Å². The van der Waals surface area contributed by atoms with Crippen LogP contribution in [0.4, 0.5) is 0 Å². The second-order valence-electron chi connectivity index (χ2n) is 4.05. The van der Waals surface area contributed by atoms with Crippen LogP contribution in [0, 0.1) is 6.92 Å². The normalized spacial score (nSPS) is 14.1. The molecule has 0 saturated carbocycles. The highest BCUT2D eigenvalue weighted by molar-refractivity contribution is 15.0. The number of carbonyl (C=O) groups excluding carboxylic acids is 1. The number of nitrogens with zero attached hydrogens (tertiary/aromatic N) is 1. The predicted octanol–water partition coefficient (Wildman–Crippen LogP) is 4.74. The summed E-state index contributed by atoms with van der Waals surface area (Å²) in [7, 11) is 0. The molecule has 0 N–H and O–H groups in total. The highest BCUT2D eigenvalue weighted by atomic mass is 128. The van der Waals surface area contributed by atoms with Crippen molar-refractivity contribution in [2.45, 2.75) is 19.8 Å². The molecule has 0 fully saturated rings. The van der Waals surface area contributed by atoms with Crippen molar-refractivity contribution in [1.29, 1.82) is 0 Å². The lowest BCUT2D eigenvalue weighted by Crippen LogP contribution is -2.18. The standard InChI is InChI=1S/C14H15NO.I2/c1-11-3-5-13(6-4-11)14-7-9-15(10-8-14)12(2)16;1-2/h3-10,14H,1-2H3;. The molecule has 0 spiro atoms. The third-order valence-electron chi connectivity index (χ3n) is 2.73. The molecule has 1 aliphatic rings. The zero-order valence-corrected chi connectivity index (χ0v) is 14.6. The van der Waals surface area contributed by atoms with E-state index in [1.165, 1.54) is 11.1 Å². The summed E-state index contributed by atoms with van der Waals surface area (Å²) in [4.78, 5) is 12.7. The molecular formula is C14H15I2NO. The van der Waals surface area contributed by atoms with Crippen molar-refractivity contribution in [2.24, 2.45) is 0 Å². The minimum atomic E-state index is 0.0369. The number of hydrogen-bond acceptors (Lipinski definition) is 1. The van der Waals surface area contributed by atoms with Gasteiger partial charge in [0.15, 0.2) is 0 Å². The van der Waals surface area contributed by atoms with Gasteiger partial charge in [-0.05, 0) is 12.5 Å². The molecule has 1 amide bonds. The second-order valence-corrected chi connectivity index (χ2v) is 4.05. The van der Waals surface area contributed by atoms with Gasteiger partial charge in [0.2, 0.25) is 5.91 Å². The Labute approximate surface area is 131 Å². The van der Waals surface area contributed by atoms with E-state index in [0.29, 0.717) is 0 Å². The SMILES string of the molecule is CC(=O)N1C=CC(c2ccc(C)cc2)C=C1.II. The third-order valence-corrected chi connectivity index (χ3v) is 2.73. The summed E-state index contributed by atoms with van der Waals surface area (Å²) in [5, 5.41) is 0. The lowest BCUT2D eigenvalue weighted by atomic mass is 9.97. The molecular weight excluding hydrogens is 452 g/mol. The van der Waals surface area contributed by atoms with E-state index in [1.807, 2.05) is 24.6 Å². The van der Waals surface area contributed by atoms with Crippen LogP contribution in [0.1, 0.15) is 24.0 Å². The second kappa shape index (κ2) is 7.93. The largest absolute Gasteiger partial charge is 0.296 e. The Bertz CT molecular complexity index is 437. The molecule has 0 aromatic heterocycles. The Morgan fingerprint density at radius 2 is 1.61 bits per heavy atom. The molecule has 1 aliphatic heterocycles. The molecule has 1 heterocycles. The zero-order valence-electron chi connectivity index (χ0n) is 10.3. The van der Waals surface area contributed by atoms with Crippen molar-refractivity contribution < 1.29 is 4.79 Å². The Hall–Kier alpha value is -0.370. The number of rotatable bonds is 1. The van der Waals surface area contributed by atoms with Crippen molar-refractivity contribution >= 4 is 43.1 Å². The van der Waals surface area contributed by atoms with Crippen LogP contribution in [0.5, 0.6) is 0 Å². The molecule has 1 aromatic rings. The van der Waals surface area contributed by atoms with Gasteiger partial charge in [-0.1, -0.05) is 42.0 Å². The van der Waals surface area contributed by atoms with E-state index in [9.17, 15) is 4.79 Å². The summed E-state index contributed by atoms with van der Waals surface area (Å²) in [5.41, 5.74) is 2.51. The molecule has 0 saturated heterocycles. The van der Waals surface area contributed by atoms with Gasteiger partial charge in [-0.3, -0.25) is 9.69 Å². The lowest BCUT2D eigenvalue weighted by Gasteiger charge is -2.19. The van der Waals surface area contributed by atoms with E-state index in [2.05, 4.69) is 68.4 Å². The van der Waals surface area contributed by atoms with Gasteiger partial charge in [-0.15, -0.1) is 0 Å². The van der Waals surface area contributed by atoms with Crippen LogP contribution >= 0.6 is 37.2 Å². The van der Waals surface area contributed by atoms with Crippen LogP contribution in [-0.2, 0) is 4.79 Å². The van der Waals surface area contributed by atoms with Crippen LogP contribution in [0.2, 0.25) is 0 Å². The summed E-state index contributed by atoms with van der Waals surface area (Å²) in [6.07, 6.45) is 7.72. The molecule has 1 aromatic carbocycles. The summed E-state index contributed by atoms with van der Waals surface area (Å²) in [5.74, 6) is 0.311. The molecule has 2 nitrogen and oxygen atoms in total. The Kier molecular flexibility index (Phi) is 6.91. The molecule has 0 aliphatic carbocycles. The van der Waals surface area contributed by atoms with Crippen molar-refractivity contribution in [2.75, 3.05) is 0 Å². The van der Waals surface area contributed by atoms with E-state index in [1.54, 1.807) is 11.8 Å². The van der Waals surface area contributed by atoms with Crippen LogP contribution in [0.25, 0.3) is 0 Å². The third kappa shape index (κ3) is 4.38. The first-order valence-electron chi connectivity index (χ1n) is 5.53. The number of carbonyl (C=O) groups is 1. The molecule has 0 unspecified atom stereocenters. The zero-order chi connectivity index (χ0) is 13.5. The van der Waals surface area contributed by atoms with Gasteiger partial charge in [0.1, 0.15) is 0 Å². The Morgan fingerprint density at radius 1 is 1.11 bits per heavy atom. The quantitative estimate of drug-likeness (QED) is 0.547. The number of hydrogen-bond donors (Lipinski definition) is 0. The maximum absolute atomic E-state index is 11.1. The fraction of sp³-hybridized carbons (Fsp3) is 0.214. The maximum Gasteiger partial charge on any atom is 0.227 e. The van der Waals surface area contributed by atoms with Crippen molar-refractivity contribution in [3.8, 4) is 0 Å². The van der Waals surface area contributed by atoms with Crippen molar-refractivity contribution in [3.63, 3.8) is 0 Å². The summed E-state index contributed by atoms with van der Waals surface area (Å²) in [6.45, 7) is 3.63. The van der Waals surface area contributed by atoms with E-state index >= 15 is 0 Å². The minimum absolute atomic E-state index is 0.0369. The van der Waals surface area contributed by atoms with Gasteiger partial charge in [0.25, 0.3) is 0 Å². The minimum Gasteiger partial charge on any atom is -0.296 e. The first-order chi connectivity index (χ1) is 8.66. The molecule has 0 atom stereocenters. The Morgan fingerprint density at radius 3 is 2.06 bits per heavy atom. The molecule has 18 heavy (non-hydrogen) atoms.